The van der Waals surface area contributed by atoms with Crippen LogP contribution in [0.1, 0.15) is 59.8 Å². The van der Waals surface area contributed by atoms with Gasteiger partial charge in [-0.25, -0.2) is 9.97 Å². The number of aromatic nitrogens is 2. The fraction of sp³-hybridized carbons (Fsp3) is 0.296. The van der Waals surface area contributed by atoms with Crippen molar-refractivity contribution >= 4 is 34.7 Å². The maximum Gasteiger partial charge on any atom is 0.251 e. The highest BCUT2D eigenvalue weighted by atomic mass is 35.5. The minimum atomic E-state index is -0.323. The number of nitrogens with one attached hydrogen (secondary N) is 2. The molecule has 0 bridgehead atoms. The van der Waals surface area contributed by atoms with E-state index in [1.54, 1.807) is 30.5 Å². The van der Waals surface area contributed by atoms with Crippen LogP contribution in [0, 0.1) is 0 Å². The van der Waals surface area contributed by atoms with Crippen molar-refractivity contribution in [2.45, 2.75) is 50.6 Å². The second kappa shape index (κ2) is 9.11. The molecule has 0 radical (unpaired) electrons. The maximum atomic E-state index is 12.8. The molecule has 1 saturated carbocycles. The van der Waals surface area contributed by atoms with Crippen molar-refractivity contribution in [1.82, 2.24) is 15.3 Å². The smallest absolute Gasteiger partial charge is 0.251 e. The van der Waals surface area contributed by atoms with E-state index >= 15 is 0 Å². The van der Waals surface area contributed by atoms with Crippen LogP contribution in [-0.2, 0) is 6.42 Å². The average molecular weight is 474 g/mol. The first-order chi connectivity index (χ1) is 16.4. The summed E-state index contributed by atoms with van der Waals surface area (Å²) in [5, 5.41) is 7.27. The van der Waals surface area contributed by atoms with Gasteiger partial charge in [-0.05, 0) is 74.4 Å². The number of allylic oxidation sites excluding steroid dienone is 1. The lowest BCUT2D eigenvalue weighted by Crippen LogP contribution is -2.51. The highest BCUT2D eigenvalue weighted by Crippen LogP contribution is 2.35. The van der Waals surface area contributed by atoms with Crippen molar-refractivity contribution in [2.24, 2.45) is 0 Å². The van der Waals surface area contributed by atoms with Gasteiger partial charge in [0.15, 0.2) is 0 Å². The van der Waals surface area contributed by atoms with Crippen LogP contribution in [0.5, 0.6) is 0 Å². The molecule has 1 aromatic heterocycles. The fourth-order valence-corrected chi connectivity index (χ4v) is 5.21. The number of anilines is 2. The van der Waals surface area contributed by atoms with Crippen LogP contribution in [0.4, 0.5) is 11.6 Å². The molecule has 2 aliphatic carbocycles. The number of hydrogen-bond donors (Lipinski definition) is 3. The first kappa shape index (κ1) is 22.4. The summed E-state index contributed by atoms with van der Waals surface area (Å²) in [6.07, 6.45) is 8.40. The molecule has 0 unspecified atom stereocenters. The van der Waals surface area contributed by atoms with E-state index in [9.17, 15) is 4.79 Å². The molecule has 0 spiro atoms. The van der Waals surface area contributed by atoms with Gasteiger partial charge in [-0.3, -0.25) is 4.79 Å². The Balaban J connectivity index is 1.30. The second-order valence-corrected chi connectivity index (χ2v) is 9.85. The Morgan fingerprint density at radius 1 is 1.18 bits per heavy atom. The number of nitrogens with two attached hydrogens (primary N) is 1. The van der Waals surface area contributed by atoms with Gasteiger partial charge in [-0.1, -0.05) is 41.9 Å². The average Bonchev–Trinajstić information content (AvgIpc) is 3.24. The predicted octanol–water partition coefficient (Wildman–Crippen LogP) is 5.24. The molecule has 7 heteroatoms. The fourth-order valence-electron chi connectivity index (χ4n) is 5.02. The topological polar surface area (TPSA) is 92.9 Å². The quantitative estimate of drug-likeness (QED) is 0.440. The minimum absolute atomic E-state index is 0.0833. The molecule has 4 N–H and O–H groups in total. The highest BCUT2D eigenvalue weighted by molar-refractivity contribution is 6.32. The standard InChI is InChI=1S/C27H28ClN5O/c1-27(33-25(34)18-8-11-19(29)12-9-18)14-4-6-20(15-27)31-26-30-16-23(28)24(32-26)22-13-10-17-5-2-3-7-21(17)22/h2-3,5,7-9,11-13,16,20H,4,6,10,14-15,29H2,1H3,(H,33,34)(H,30,31,32)/t20-,27+/m1/s1. The van der Waals surface area contributed by atoms with E-state index in [1.807, 2.05) is 6.07 Å². The summed E-state index contributed by atoms with van der Waals surface area (Å²) in [5.41, 5.74) is 10.9. The molecule has 6 nitrogen and oxygen atoms in total. The van der Waals surface area contributed by atoms with Gasteiger partial charge in [0.25, 0.3) is 5.91 Å². The van der Waals surface area contributed by atoms with Gasteiger partial charge in [0.1, 0.15) is 0 Å². The first-order valence-electron chi connectivity index (χ1n) is 11.7. The predicted molar refractivity (Wildman–Crippen MR) is 137 cm³/mol. The number of carbonyl (C=O) groups excluding carboxylic acids is 1. The van der Waals surface area contributed by atoms with Crippen LogP contribution in [0.2, 0.25) is 5.02 Å². The third-order valence-corrected chi connectivity index (χ3v) is 7.01. The third-order valence-electron chi connectivity index (χ3n) is 6.73. The van der Waals surface area contributed by atoms with Crippen molar-refractivity contribution < 1.29 is 4.79 Å². The second-order valence-electron chi connectivity index (χ2n) is 9.44. The lowest BCUT2D eigenvalue weighted by atomic mass is 9.80. The minimum Gasteiger partial charge on any atom is -0.399 e. The van der Waals surface area contributed by atoms with E-state index in [4.69, 9.17) is 22.3 Å². The van der Waals surface area contributed by atoms with Gasteiger partial charge < -0.3 is 16.4 Å². The highest BCUT2D eigenvalue weighted by Gasteiger charge is 2.34. The van der Waals surface area contributed by atoms with Gasteiger partial charge in [-0.15, -0.1) is 0 Å². The number of carbonyl (C=O) groups is 1. The Labute approximate surface area is 204 Å². The first-order valence-corrected chi connectivity index (χ1v) is 12.0. The summed E-state index contributed by atoms with van der Waals surface area (Å²) in [4.78, 5) is 22.0. The summed E-state index contributed by atoms with van der Waals surface area (Å²) in [6, 6.07) is 15.5. The van der Waals surface area contributed by atoms with Gasteiger partial charge in [0.05, 0.1) is 16.9 Å². The Kier molecular flexibility index (Phi) is 6.00. The van der Waals surface area contributed by atoms with Gasteiger partial charge in [0, 0.05) is 28.4 Å². The van der Waals surface area contributed by atoms with Crippen molar-refractivity contribution in [3.05, 3.63) is 88.2 Å². The van der Waals surface area contributed by atoms with Crippen LogP contribution in [0.3, 0.4) is 0 Å². The van der Waals surface area contributed by atoms with Crippen LogP contribution >= 0.6 is 11.6 Å². The molecule has 1 fully saturated rings. The molecule has 5 rings (SSSR count). The Morgan fingerprint density at radius 2 is 1.97 bits per heavy atom. The van der Waals surface area contributed by atoms with Gasteiger partial charge >= 0.3 is 0 Å². The number of amides is 1. The molecule has 0 aliphatic heterocycles. The van der Waals surface area contributed by atoms with E-state index in [2.05, 4.69) is 46.8 Å². The number of rotatable bonds is 5. The Morgan fingerprint density at radius 3 is 2.79 bits per heavy atom. The lowest BCUT2D eigenvalue weighted by molar-refractivity contribution is 0.0879. The molecule has 34 heavy (non-hydrogen) atoms. The molecular formula is C27H28ClN5O. The summed E-state index contributed by atoms with van der Waals surface area (Å²) in [5.74, 6) is 0.476. The molecule has 2 aliphatic rings. The van der Waals surface area contributed by atoms with Crippen molar-refractivity contribution in [2.75, 3.05) is 11.1 Å². The zero-order valence-corrected chi connectivity index (χ0v) is 19.9. The molecule has 2 atom stereocenters. The molecule has 0 saturated heterocycles. The number of fused-ring (bicyclic) bond motifs is 1. The van der Waals surface area contributed by atoms with E-state index < -0.39 is 0 Å². The molecule has 1 heterocycles. The SMILES string of the molecule is C[C@]1(NC(=O)c2ccc(N)cc2)CCC[C@@H](Nc2ncc(Cl)c(C3=CCc4ccccc43)n2)C1. The molecule has 3 aromatic rings. The van der Waals surface area contributed by atoms with Crippen LogP contribution < -0.4 is 16.4 Å². The Bertz CT molecular complexity index is 1260. The summed E-state index contributed by atoms with van der Waals surface area (Å²) < 4.78 is 0. The molecule has 174 valence electrons. The zero-order chi connectivity index (χ0) is 23.7. The molecule has 2 aromatic carbocycles. The number of halogens is 1. The zero-order valence-electron chi connectivity index (χ0n) is 19.1. The number of hydrogen-bond acceptors (Lipinski definition) is 5. The third kappa shape index (κ3) is 4.64. The van der Waals surface area contributed by atoms with Crippen molar-refractivity contribution in [3.8, 4) is 0 Å². The van der Waals surface area contributed by atoms with E-state index in [0.29, 0.717) is 22.2 Å². The van der Waals surface area contributed by atoms with Crippen molar-refractivity contribution in [1.29, 1.82) is 0 Å². The normalized spacial score (nSPS) is 21.5. The monoisotopic (exact) mass is 473 g/mol. The molecule has 1 amide bonds. The number of nitrogens with zero attached hydrogens (tertiary/aromatic N) is 2. The number of benzene rings is 2. The van der Waals surface area contributed by atoms with E-state index in [-0.39, 0.29) is 17.5 Å². The lowest BCUT2D eigenvalue weighted by Gasteiger charge is -2.39. The van der Waals surface area contributed by atoms with E-state index in [1.165, 1.54) is 11.1 Å². The van der Waals surface area contributed by atoms with Gasteiger partial charge in [-0.2, -0.15) is 0 Å². The van der Waals surface area contributed by atoms with Crippen LogP contribution in [0.15, 0.2) is 60.8 Å². The summed E-state index contributed by atoms with van der Waals surface area (Å²) in [7, 11) is 0. The molecular weight excluding hydrogens is 446 g/mol. The number of nitrogen functional groups attached to an aromatic ring is 1. The summed E-state index contributed by atoms with van der Waals surface area (Å²) >= 11 is 6.51. The van der Waals surface area contributed by atoms with Crippen LogP contribution in [-0.4, -0.2) is 27.5 Å². The largest absolute Gasteiger partial charge is 0.399 e. The van der Waals surface area contributed by atoms with Crippen molar-refractivity contribution in [3.63, 3.8) is 0 Å². The summed E-state index contributed by atoms with van der Waals surface area (Å²) in [6.45, 7) is 2.10. The van der Waals surface area contributed by atoms with Gasteiger partial charge in [0.2, 0.25) is 5.95 Å². The maximum absolute atomic E-state index is 12.8. The van der Waals surface area contributed by atoms with E-state index in [0.717, 1.165) is 43.4 Å². The Hall–Kier alpha value is -3.38. The van der Waals surface area contributed by atoms with Crippen LogP contribution in [0.25, 0.3) is 5.57 Å².